The van der Waals surface area contributed by atoms with Crippen molar-refractivity contribution < 1.29 is 9.53 Å². The first kappa shape index (κ1) is 20.2. The molecule has 0 radical (unpaired) electrons. The van der Waals surface area contributed by atoms with Crippen LogP contribution in [0.4, 0.5) is 5.69 Å². The lowest BCUT2D eigenvalue weighted by Gasteiger charge is -2.09. The van der Waals surface area contributed by atoms with Crippen LogP contribution in [0.5, 0.6) is 11.6 Å². The molecule has 2 aromatic heterocycles. The SMILES string of the molecule is O=C(Nc1ccc(Oc2cc(-n3cccc3)ncn2)cc1)c1ccc(-c2ccccc2)cc1. The highest BCUT2D eigenvalue weighted by Gasteiger charge is 2.08. The largest absolute Gasteiger partial charge is 0.439 e. The van der Waals surface area contributed by atoms with Crippen molar-refractivity contribution in [2.45, 2.75) is 0 Å². The highest BCUT2D eigenvalue weighted by molar-refractivity contribution is 6.04. The van der Waals surface area contributed by atoms with Crippen LogP contribution in [0.3, 0.4) is 0 Å². The molecule has 0 atom stereocenters. The Balaban J connectivity index is 1.23. The van der Waals surface area contributed by atoms with Crippen LogP contribution < -0.4 is 10.1 Å². The molecule has 1 amide bonds. The molecule has 1 N–H and O–H groups in total. The first-order chi connectivity index (χ1) is 16.2. The molecule has 6 nitrogen and oxygen atoms in total. The van der Waals surface area contributed by atoms with Crippen LogP contribution in [-0.2, 0) is 0 Å². The van der Waals surface area contributed by atoms with Crippen molar-refractivity contribution in [3.8, 4) is 28.6 Å². The summed E-state index contributed by atoms with van der Waals surface area (Å²) in [6, 6.07) is 30.4. The average Bonchev–Trinajstić information content (AvgIpc) is 3.41. The van der Waals surface area contributed by atoms with Crippen LogP contribution in [-0.4, -0.2) is 20.4 Å². The second-order valence-electron chi connectivity index (χ2n) is 7.33. The lowest BCUT2D eigenvalue weighted by Crippen LogP contribution is -2.11. The van der Waals surface area contributed by atoms with Gasteiger partial charge in [-0.05, 0) is 59.7 Å². The number of benzene rings is 3. The number of amides is 1. The second kappa shape index (κ2) is 9.20. The molecular weight excluding hydrogens is 412 g/mol. The van der Waals surface area contributed by atoms with Gasteiger partial charge in [-0.25, -0.2) is 9.97 Å². The van der Waals surface area contributed by atoms with E-state index < -0.39 is 0 Å². The highest BCUT2D eigenvalue weighted by Crippen LogP contribution is 2.23. The lowest BCUT2D eigenvalue weighted by molar-refractivity contribution is 0.102. The summed E-state index contributed by atoms with van der Waals surface area (Å²) >= 11 is 0. The quantitative estimate of drug-likeness (QED) is 0.358. The van der Waals surface area contributed by atoms with E-state index in [1.54, 1.807) is 30.3 Å². The fraction of sp³-hybridized carbons (Fsp3) is 0. The molecule has 0 spiro atoms. The Morgan fingerprint density at radius 1 is 0.758 bits per heavy atom. The zero-order valence-corrected chi connectivity index (χ0v) is 17.6. The summed E-state index contributed by atoms with van der Waals surface area (Å²) in [6.07, 6.45) is 5.26. The Morgan fingerprint density at radius 3 is 2.18 bits per heavy atom. The number of hydrogen-bond acceptors (Lipinski definition) is 4. The fourth-order valence-corrected chi connectivity index (χ4v) is 3.39. The van der Waals surface area contributed by atoms with Gasteiger partial charge in [0.25, 0.3) is 5.91 Å². The lowest BCUT2D eigenvalue weighted by atomic mass is 10.0. The van der Waals surface area contributed by atoms with Gasteiger partial charge in [0.2, 0.25) is 5.88 Å². The highest BCUT2D eigenvalue weighted by atomic mass is 16.5. The van der Waals surface area contributed by atoms with E-state index in [0.717, 1.165) is 11.1 Å². The third-order valence-corrected chi connectivity index (χ3v) is 5.09. The topological polar surface area (TPSA) is 69.0 Å². The maximum atomic E-state index is 12.6. The zero-order valence-electron chi connectivity index (χ0n) is 17.6. The Kier molecular flexibility index (Phi) is 5.63. The number of hydrogen-bond donors (Lipinski definition) is 1. The molecule has 3 aromatic carbocycles. The Hall–Kier alpha value is -4.71. The van der Waals surface area contributed by atoms with Gasteiger partial charge < -0.3 is 14.6 Å². The van der Waals surface area contributed by atoms with E-state index in [1.165, 1.54) is 6.33 Å². The third kappa shape index (κ3) is 4.80. The minimum absolute atomic E-state index is 0.171. The van der Waals surface area contributed by atoms with Crippen LogP contribution in [0.15, 0.2) is 116 Å². The Labute approximate surface area is 191 Å². The van der Waals surface area contributed by atoms with Gasteiger partial charge in [-0.15, -0.1) is 0 Å². The monoisotopic (exact) mass is 432 g/mol. The molecule has 0 bridgehead atoms. The van der Waals surface area contributed by atoms with Crippen molar-refractivity contribution in [3.05, 3.63) is 121 Å². The van der Waals surface area contributed by atoms with Crippen LogP contribution in [0, 0.1) is 0 Å². The van der Waals surface area contributed by atoms with Gasteiger partial charge in [-0.2, -0.15) is 0 Å². The summed E-state index contributed by atoms with van der Waals surface area (Å²) in [5.41, 5.74) is 3.45. The van der Waals surface area contributed by atoms with Crippen LogP contribution >= 0.6 is 0 Å². The molecule has 33 heavy (non-hydrogen) atoms. The number of nitrogens with one attached hydrogen (secondary N) is 1. The predicted molar refractivity (Wildman–Crippen MR) is 128 cm³/mol. The summed E-state index contributed by atoms with van der Waals surface area (Å²) in [4.78, 5) is 21.0. The third-order valence-electron chi connectivity index (χ3n) is 5.09. The molecule has 0 saturated carbocycles. The van der Waals surface area contributed by atoms with E-state index in [-0.39, 0.29) is 5.91 Å². The molecule has 2 heterocycles. The average molecular weight is 432 g/mol. The van der Waals surface area contributed by atoms with Crippen LogP contribution in [0.2, 0.25) is 0 Å². The molecule has 6 heteroatoms. The molecule has 0 saturated heterocycles. The van der Waals surface area contributed by atoms with Gasteiger partial charge in [0.1, 0.15) is 17.9 Å². The maximum Gasteiger partial charge on any atom is 0.255 e. The van der Waals surface area contributed by atoms with Crippen molar-refractivity contribution in [1.82, 2.24) is 14.5 Å². The molecule has 0 aliphatic heterocycles. The molecule has 160 valence electrons. The van der Waals surface area contributed by atoms with E-state index >= 15 is 0 Å². The first-order valence-electron chi connectivity index (χ1n) is 10.4. The van der Waals surface area contributed by atoms with Crippen molar-refractivity contribution in [3.63, 3.8) is 0 Å². The first-order valence-corrected chi connectivity index (χ1v) is 10.4. The molecule has 0 unspecified atom stereocenters. The summed E-state index contributed by atoms with van der Waals surface area (Å²) in [7, 11) is 0. The van der Waals surface area contributed by atoms with Gasteiger partial charge >= 0.3 is 0 Å². The van der Waals surface area contributed by atoms with Crippen molar-refractivity contribution in [2.24, 2.45) is 0 Å². The van der Waals surface area contributed by atoms with Gasteiger partial charge in [0.05, 0.1) is 0 Å². The molecule has 0 aliphatic rings. The molecule has 0 fully saturated rings. The number of nitrogens with zero attached hydrogens (tertiary/aromatic N) is 3. The minimum atomic E-state index is -0.171. The molecule has 5 aromatic rings. The van der Waals surface area contributed by atoms with Crippen molar-refractivity contribution in [1.29, 1.82) is 0 Å². The van der Waals surface area contributed by atoms with E-state index in [4.69, 9.17) is 4.74 Å². The number of carbonyl (C=O) groups is 1. The van der Waals surface area contributed by atoms with Crippen LogP contribution in [0.25, 0.3) is 16.9 Å². The summed E-state index contributed by atoms with van der Waals surface area (Å²) in [5.74, 6) is 1.59. The molecule has 5 rings (SSSR count). The van der Waals surface area contributed by atoms with E-state index in [9.17, 15) is 4.79 Å². The van der Waals surface area contributed by atoms with Crippen LogP contribution in [0.1, 0.15) is 10.4 Å². The fourth-order valence-electron chi connectivity index (χ4n) is 3.39. The van der Waals surface area contributed by atoms with Gasteiger partial charge in [-0.1, -0.05) is 42.5 Å². The number of anilines is 1. The number of carbonyl (C=O) groups excluding carboxylic acids is 1. The van der Waals surface area contributed by atoms with Crippen molar-refractivity contribution >= 4 is 11.6 Å². The van der Waals surface area contributed by atoms with E-state index in [0.29, 0.717) is 28.7 Å². The number of ether oxygens (including phenoxy) is 1. The second-order valence-corrected chi connectivity index (χ2v) is 7.33. The minimum Gasteiger partial charge on any atom is -0.439 e. The Bertz CT molecular complexity index is 1350. The smallest absolute Gasteiger partial charge is 0.255 e. The summed E-state index contributed by atoms with van der Waals surface area (Å²) in [5, 5.41) is 2.91. The van der Waals surface area contributed by atoms with E-state index in [2.05, 4.69) is 15.3 Å². The zero-order chi connectivity index (χ0) is 22.5. The summed E-state index contributed by atoms with van der Waals surface area (Å²) < 4.78 is 7.71. The summed E-state index contributed by atoms with van der Waals surface area (Å²) in [6.45, 7) is 0. The van der Waals surface area contributed by atoms with E-state index in [1.807, 2.05) is 83.7 Å². The Morgan fingerprint density at radius 2 is 1.45 bits per heavy atom. The number of aromatic nitrogens is 3. The van der Waals surface area contributed by atoms with Crippen molar-refractivity contribution in [2.75, 3.05) is 5.32 Å². The van der Waals surface area contributed by atoms with Gasteiger partial charge in [0, 0.05) is 29.7 Å². The molecule has 0 aliphatic carbocycles. The number of rotatable bonds is 6. The molecular formula is C27H20N4O2. The maximum absolute atomic E-state index is 12.6. The normalized spacial score (nSPS) is 10.5. The predicted octanol–water partition coefficient (Wildman–Crippen LogP) is 5.98. The standard InChI is InChI=1S/C27H20N4O2/c32-27(22-10-8-21(9-11-22)20-6-2-1-3-7-20)30-23-12-14-24(15-13-23)33-26-18-25(28-19-29-26)31-16-4-5-17-31/h1-19H,(H,30,32). The van der Waals surface area contributed by atoms with Gasteiger partial charge in [0.15, 0.2) is 0 Å². The van der Waals surface area contributed by atoms with Gasteiger partial charge in [-0.3, -0.25) is 4.79 Å².